The van der Waals surface area contributed by atoms with Crippen LogP contribution in [0.5, 0.6) is 0 Å². The molecule has 2 amide bonds. The van der Waals surface area contributed by atoms with Crippen molar-refractivity contribution in [1.29, 1.82) is 0 Å². The van der Waals surface area contributed by atoms with E-state index in [4.69, 9.17) is 11.6 Å². The molecule has 3 rings (SSSR count). The summed E-state index contributed by atoms with van der Waals surface area (Å²) in [5.74, 6) is -0.289. The fraction of sp³-hybridized carbons (Fsp3) is 0.412. The number of aryl methyl sites for hydroxylation is 1. The van der Waals surface area contributed by atoms with Gasteiger partial charge in [-0.05, 0) is 26.3 Å². The van der Waals surface area contributed by atoms with Crippen LogP contribution < -0.4 is 5.32 Å². The normalized spacial score (nSPS) is 19.6. The Labute approximate surface area is 155 Å². The Morgan fingerprint density at radius 1 is 1.42 bits per heavy atom. The average Bonchev–Trinajstić information content (AvgIpc) is 3.20. The van der Waals surface area contributed by atoms with Gasteiger partial charge in [0.1, 0.15) is 0 Å². The van der Waals surface area contributed by atoms with Gasteiger partial charge in [0, 0.05) is 30.9 Å². The van der Waals surface area contributed by atoms with Gasteiger partial charge in [0.25, 0.3) is 0 Å². The second-order valence-electron chi connectivity index (χ2n) is 6.73. The maximum atomic E-state index is 12.4. The second kappa shape index (κ2) is 6.95. The van der Waals surface area contributed by atoms with Crippen molar-refractivity contribution in [3.8, 4) is 5.82 Å². The first kappa shape index (κ1) is 18.2. The summed E-state index contributed by atoms with van der Waals surface area (Å²) in [7, 11) is 0. The number of nitrogens with one attached hydrogen (secondary N) is 1. The van der Waals surface area contributed by atoms with E-state index in [1.807, 2.05) is 19.1 Å². The predicted octanol–water partition coefficient (Wildman–Crippen LogP) is 2.24. The van der Waals surface area contributed by atoms with Crippen LogP contribution in [0, 0.1) is 12.3 Å². The van der Waals surface area contributed by atoms with Gasteiger partial charge in [-0.25, -0.2) is 14.5 Å². The van der Waals surface area contributed by atoms with E-state index in [1.54, 1.807) is 17.8 Å². The number of amides is 2. The van der Waals surface area contributed by atoms with Gasteiger partial charge in [0.05, 0.1) is 22.8 Å². The standard InChI is InChI=1S/C17H20ClN5O3/c1-11-3-4-12(14(21-11)23-9-13(18)8-20-23)7-19-16(26)22-6-5-17(2,10-22)15(24)25/h3-4,8-9H,5-7,10H2,1-2H3,(H,19,26)(H,24,25). The molecule has 2 N–H and O–H groups in total. The number of carboxylic acid groups (broad SMARTS) is 1. The lowest BCUT2D eigenvalue weighted by molar-refractivity contribution is -0.147. The number of nitrogens with zero attached hydrogens (tertiary/aromatic N) is 4. The highest BCUT2D eigenvalue weighted by molar-refractivity contribution is 6.30. The zero-order valence-electron chi connectivity index (χ0n) is 14.6. The summed E-state index contributed by atoms with van der Waals surface area (Å²) in [5, 5.41) is 16.8. The summed E-state index contributed by atoms with van der Waals surface area (Å²) >= 11 is 5.93. The van der Waals surface area contributed by atoms with Crippen LogP contribution >= 0.6 is 11.6 Å². The highest BCUT2D eigenvalue weighted by atomic mass is 35.5. The maximum absolute atomic E-state index is 12.4. The number of carboxylic acids is 1. The van der Waals surface area contributed by atoms with Crippen molar-refractivity contribution in [3.05, 3.63) is 40.8 Å². The van der Waals surface area contributed by atoms with Crippen molar-refractivity contribution in [1.82, 2.24) is 25.0 Å². The minimum Gasteiger partial charge on any atom is -0.481 e. The van der Waals surface area contributed by atoms with E-state index in [0.29, 0.717) is 23.8 Å². The van der Waals surface area contributed by atoms with E-state index in [2.05, 4.69) is 15.4 Å². The number of rotatable bonds is 4. The van der Waals surface area contributed by atoms with E-state index in [9.17, 15) is 14.7 Å². The minimum absolute atomic E-state index is 0.196. The van der Waals surface area contributed by atoms with Crippen LogP contribution in [0.1, 0.15) is 24.6 Å². The van der Waals surface area contributed by atoms with Crippen molar-refractivity contribution < 1.29 is 14.7 Å². The molecule has 0 aromatic carbocycles. The summed E-state index contributed by atoms with van der Waals surface area (Å²) in [6.07, 6.45) is 3.61. The van der Waals surface area contributed by atoms with E-state index < -0.39 is 11.4 Å². The van der Waals surface area contributed by atoms with Crippen LogP contribution in [0.4, 0.5) is 4.79 Å². The van der Waals surface area contributed by atoms with Crippen molar-refractivity contribution in [3.63, 3.8) is 0 Å². The number of halogens is 1. The molecule has 0 spiro atoms. The number of carbonyl (C=O) groups excluding carboxylic acids is 1. The molecule has 26 heavy (non-hydrogen) atoms. The molecule has 1 fully saturated rings. The van der Waals surface area contributed by atoms with E-state index >= 15 is 0 Å². The molecule has 1 atom stereocenters. The van der Waals surface area contributed by atoms with Crippen molar-refractivity contribution in [2.24, 2.45) is 5.41 Å². The van der Waals surface area contributed by atoms with Crippen LogP contribution in [0.25, 0.3) is 5.82 Å². The first-order chi connectivity index (χ1) is 12.3. The molecule has 138 valence electrons. The number of hydrogen-bond acceptors (Lipinski definition) is 4. The van der Waals surface area contributed by atoms with Gasteiger partial charge in [-0.1, -0.05) is 17.7 Å². The Hall–Kier alpha value is -2.61. The van der Waals surface area contributed by atoms with Gasteiger partial charge in [-0.3, -0.25) is 4.79 Å². The average molecular weight is 378 g/mol. The van der Waals surface area contributed by atoms with E-state index in [0.717, 1.165) is 11.3 Å². The lowest BCUT2D eigenvalue weighted by Gasteiger charge is -2.21. The number of aliphatic carboxylic acids is 1. The number of pyridine rings is 1. The Kier molecular flexibility index (Phi) is 4.86. The smallest absolute Gasteiger partial charge is 0.317 e. The summed E-state index contributed by atoms with van der Waals surface area (Å²) in [6, 6.07) is 3.44. The Bertz CT molecular complexity index is 853. The van der Waals surface area contributed by atoms with Crippen LogP contribution in [0.2, 0.25) is 5.02 Å². The van der Waals surface area contributed by atoms with E-state index in [1.165, 1.54) is 11.1 Å². The van der Waals surface area contributed by atoms with Gasteiger partial charge >= 0.3 is 12.0 Å². The van der Waals surface area contributed by atoms with Crippen LogP contribution in [-0.2, 0) is 11.3 Å². The molecule has 1 aliphatic rings. The summed E-state index contributed by atoms with van der Waals surface area (Å²) in [4.78, 5) is 29.7. The molecule has 9 heteroatoms. The SMILES string of the molecule is Cc1ccc(CNC(=O)N2CCC(C)(C(=O)O)C2)c(-n2cc(Cl)cn2)n1. The lowest BCUT2D eigenvalue weighted by Crippen LogP contribution is -2.40. The number of hydrogen-bond donors (Lipinski definition) is 2. The second-order valence-corrected chi connectivity index (χ2v) is 7.17. The van der Waals surface area contributed by atoms with Gasteiger partial charge < -0.3 is 15.3 Å². The predicted molar refractivity (Wildman–Crippen MR) is 95.3 cm³/mol. The van der Waals surface area contributed by atoms with Gasteiger partial charge in [-0.2, -0.15) is 5.10 Å². The molecule has 3 heterocycles. The molecule has 1 saturated heterocycles. The molecule has 2 aromatic heterocycles. The lowest BCUT2D eigenvalue weighted by atomic mass is 9.90. The van der Waals surface area contributed by atoms with Gasteiger partial charge in [0.2, 0.25) is 0 Å². The first-order valence-corrected chi connectivity index (χ1v) is 8.59. The third kappa shape index (κ3) is 3.65. The molecule has 0 aliphatic carbocycles. The van der Waals surface area contributed by atoms with Gasteiger partial charge in [0.15, 0.2) is 5.82 Å². The highest BCUT2D eigenvalue weighted by Crippen LogP contribution is 2.30. The van der Waals surface area contributed by atoms with Crippen LogP contribution in [0.15, 0.2) is 24.5 Å². The highest BCUT2D eigenvalue weighted by Gasteiger charge is 2.42. The monoisotopic (exact) mass is 377 g/mol. The zero-order valence-corrected chi connectivity index (χ0v) is 15.3. The summed E-state index contributed by atoms with van der Waals surface area (Å²) in [5.41, 5.74) is 0.710. The summed E-state index contributed by atoms with van der Waals surface area (Å²) in [6.45, 7) is 4.39. The molecule has 2 aromatic rings. The number of likely N-dealkylation sites (tertiary alicyclic amines) is 1. The third-order valence-electron chi connectivity index (χ3n) is 4.57. The van der Waals surface area contributed by atoms with Crippen molar-refractivity contribution in [2.45, 2.75) is 26.8 Å². The molecular formula is C17H20ClN5O3. The topological polar surface area (TPSA) is 100 Å². The molecule has 0 bridgehead atoms. The van der Waals surface area contributed by atoms with Crippen molar-refractivity contribution >= 4 is 23.6 Å². The quantitative estimate of drug-likeness (QED) is 0.851. The number of aromatic nitrogens is 3. The fourth-order valence-electron chi connectivity index (χ4n) is 2.92. The van der Waals surface area contributed by atoms with Crippen LogP contribution in [0.3, 0.4) is 0 Å². The van der Waals surface area contributed by atoms with E-state index in [-0.39, 0.29) is 19.1 Å². The molecule has 8 nitrogen and oxygen atoms in total. The molecule has 0 radical (unpaired) electrons. The Balaban J connectivity index is 1.71. The first-order valence-electron chi connectivity index (χ1n) is 8.22. The van der Waals surface area contributed by atoms with Crippen LogP contribution in [-0.4, -0.2) is 49.9 Å². The molecule has 1 aliphatic heterocycles. The summed E-state index contributed by atoms with van der Waals surface area (Å²) < 4.78 is 1.56. The molecular weight excluding hydrogens is 358 g/mol. The third-order valence-corrected chi connectivity index (χ3v) is 4.77. The molecule has 0 saturated carbocycles. The number of carbonyl (C=O) groups is 2. The zero-order chi connectivity index (χ0) is 18.9. The largest absolute Gasteiger partial charge is 0.481 e. The minimum atomic E-state index is -0.889. The maximum Gasteiger partial charge on any atom is 0.317 e. The van der Waals surface area contributed by atoms with Crippen molar-refractivity contribution in [2.75, 3.05) is 13.1 Å². The fourth-order valence-corrected chi connectivity index (χ4v) is 3.05. The Morgan fingerprint density at radius 2 is 2.19 bits per heavy atom. The molecule has 1 unspecified atom stereocenters. The Morgan fingerprint density at radius 3 is 2.81 bits per heavy atom. The number of urea groups is 1. The van der Waals surface area contributed by atoms with Gasteiger partial charge in [-0.15, -0.1) is 0 Å².